The van der Waals surface area contributed by atoms with Crippen molar-refractivity contribution in [2.45, 2.75) is 25.3 Å². The first-order chi connectivity index (χ1) is 10.9. The van der Waals surface area contributed by atoms with E-state index >= 15 is 0 Å². The molecule has 3 aromatic heterocycles. The standard InChI is InChI=1S/C16H17N3OS2/c1-2-14(22-8-1)16-18-17-15(20-16)13-3-6-19(7-4-13)10-12-5-9-21-11-12/h1-2,5,8-9,11,13H,3-4,6-7,10H2. The third-order valence-electron chi connectivity index (χ3n) is 4.10. The van der Waals surface area contributed by atoms with Gasteiger partial charge in [0.1, 0.15) is 0 Å². The van der Waals surface area contributed by atoms with Gasteiger partial charge in [0.25, 0.3) is 5.89 Å². The fourth-order valence-electron chi connectivity index (χ4n) is 2.88. The predicted octanol–water partition coefficient (Wildman–Crippen LogP) is 4.24. The number of rotatable bonds is 4. The summed E-state index contributed by atoms with van der Waals surface area (Å²) in [4.78, 5) is 3.56. The molecule has 4 nitrogen and oxygen atoms in total. The predicted molar refractivity (Wildman–Crippen MR) is 89.2 cm³/mol. The first-order valence-electron chi connectivity index (χ1n) is 7.49. The van der Waals surface area contributed by atoms with Crippen molar-refractivity contribution in [3.8, 4) is 10.8 Å². The lowest BCUT2D eigenvalue weighted by Crippen LogP contribution is -2.32. The van der Waals surface area contributed by atoms with Crippen LogP contribution in [0.3, 0.4) is 0 Å². The maximum atomic E-state index is 5.88. The summed E-state index contributed by atoms with van der Waals surface area (Å²) in [5, 5.41) is 14.9. The fourth-order valence-corrected chi connectivity index (χ4v) is 4.18. The Morgan fingerprint density at radius 1 is 1.18 bits per heavy atom. The average Bonchev–Trinajstić information content (AvgIpc) is 3.30. The fraction of sp³-hybridized carbons (Fsp3) is 0.375. The number of aromatic nitrogens is 2. The van der Waals surface area contributed by atoms with Crippen LogP contribution >= 0.6 is 22.7 Å². The van der Waals surface area contributed by atoms with Gasteiger partial charge in [0.2, 0.25) is 5.89 Å². The highest BCUT2D eigenvalue weighted by Crippen LogP contribution is 2.31. The van der Waals surface area contributed by atoms with Crippen LogP contribution in [0, 0.1) is 0 Å². The molecule has 0 amide bonds. The Labute approximate surface area is 137 Å². The summed E-state index contributed by atoms with van der Waals surface area (Å²) in [6.07, 6.45) is 2.19. The van der Waals surface area contributed by atoms with E-state index in [9.17, 15) is 0 Å². The first kappa shape index (κ1) is 14.1. The van der Waals surface area contributed by atoms with Gasteiger partial charge in [-0.3, -0.25) is 4.90 Å². The Balaban J connectivity index is 1.37. The average molecular weight is 331 g/mol. The number of nitrogens with zero attached hydrogens (tertiary/aromatic N) is 3. The largest absolute Gasteiger partial charge is 0.420 e. The van der Waals surface area contributed by atoms with E-state index in [1.165, 1.54) is 5.56 Å². The van der Waals surface area contributed by atoms with Crippen LogP contribution in [0.1, 0.15) is 30.2 Å². The Kier molecular flexibility index (Phi) is 4.05. The number of likely N-dealkylation sites (tertiary alicyclic amines) is 1. The Morgan fingerprint density at radius 3 is 2.82 bits per heavy atom. The molecular formula is C16H17N3OS2. The molecule has 1 aliphatic heterocycles. The molecule has 0 bridgehead atoms. The summed E-state index contributed by atoms with van der Waals surface area (Å²) in [6.45, 7) is 3.24. The van der Waals surface area contributed by atoms with Gasteiger partial charge in [0, 0.05) is 12.5 Å². The quantitative estimate of drug-likeness (QED) is 0.717. The minimum atomic E-state index is 0.403. The molecule has 4 heterocycles. The van der Waals surface area contributed by atoms with Crippen LogP contribution in [-0.2, 0) is 6.54 Å². The lowest BCUT2D eigenvalue weighted by molar-refractivity contribution is 0.193. The van der Waals surface area contributed by atoms with E-state index < -0.39 is 0 Å². The lowest BCUT2D eigenvalue weighted by atomic mass is 9.96. The second-order valence-corrected chi connectivity index (χ2v) is 7.33. The summed E-state index contributed by atoms with van der Waals surface area (Å²) in [6, 6.07) is 6.24. The van der Waals surface area contributed by atoms with Gasteiger partial charge in [-0.15, -0.1) is 21.5 Å². The van der Waals surface area contributed by atoms with E-state index in [2.05, 4.69) is 31.9 Å². The van der Waals surface area contributed by atoms with Crippen molar-refractivity contribution in [1.29, 1.82) is 0 Å². The molecule has 0 N–H and O–H groups in total. The van der Waals surface area contributed by atoms with Crippen LogP contribution in [0.2, 0.25) is 0 Å². The van der Waals surface area contributed by atoms with Gasteiger partial charge in [0.15, 0.2) is 0 Å². The van der Waals surface area contributed by atoms with Crippen molar-refractivity contribution in [2.24, 2.45) is 0 Å². The molecule has 0 saturated carbocycles. The minimum Gasteiger partial charge on any atom is -0.420 e. The van der Waals surface area contributed by atoms with Gasteiger partial charge in [-0.25, -0.2) is 0 Å². The third-order valence-corrected chi connectivity index (χ3v) is 5.69. The highest BCUT2D eigenvalue weighted by Gasteiger charge is 2.25. The molecule has 0 unspecified atom stereocenters. The van der Waals surface area contributed by atoms with Crippen LogP contribution < -0.4 is 0 Å². The summed E-state index contributed by atoms with van der Waals surface area (Å²) < 4.78 is 5.88. The molecule has 1 aliphatic rings. The minimum absolute atomic E-state index is 0.403. The zero-order valence-electron chi connectivity index (χ0n) is 12.1. The molecular weight excluding hydrogens is 314 g/mol. The second kappa shape index (κ2) is 6.32. The Bertz CT molecular complexity index is 698. The molecule has 0 spiro atoms. The van der Waals surface area contributed by atoms with Crippen LogP contribution in [0.4, 0.5) is 0 Å². The molecule has 22 heavy (non-hydrogen) atoms. The van der Waals surface area contributed by atoms with Gasteiger partial charge < -0.3 is 4.42 Å². The topological polar surface area (TPSA) is 42.2 Å². The maximum Gasteiger partial charge on any atom is 0.257 e. The molecule has 114 valence electrons. The summed E-state index contributed by atoms with van der Waals surface area (Å²) in [5.74, 6) is 1.87. The van der Waals surface area contributed by atoms with Crippen molar-refractivity contribution >= 4 is 22.7 Å². The van der Waals surface area contributed by atoms with E-state index in [0.29, 0.717) is 11.8 Å². The van der Waals surface area contributed by atoms with Crippen LogP contribution in [-0.4, -0.2) is 28.2 Å². The van der Waals surface area contributed by atoms with E-state index in [1.807, 2.05) is 17.5 Å². The number of piperidine rings is 1. The second-order valence-electron chi connectivity index (χ2n) is 5.60. The highest BCUT2D eigenvalue weighted by atomic mass is 32.1. The summed E-state index contributed by atoms with van der Waals surface area (Å²) in [7, 11) is 0. The Morgan fingerprint density at radius 2 is 2.09 bits per heavy atom. The van der Waals surface area contributed by atoms with Crippen LogP contribution in [0.25, 0.3) is 10.8 Å². The van der Waals surface area contributed by atoms with Gasteiger partial charge in [-0.1, -0.05) is 6.07 Å². The van der Waals surface area contributed by atoms with Gasteiger partial charge >= 0.3 is 0 Å². The van der Waals surface area contributed by atoms with E-state index in [1.54, 1.807) is 22.7 Å². The number of hydrogen-bond donors (Lipinski definition) is 0. The normalized spacial score (nSPS) is 17.1. The van der Waals surface area contributed by atoms with Crippen molar-refractivity contribution in [3.63, 3.8) is 0 Å². The van der Waals surface area contributed by atoms with Crippen LogP contribution in [0.15, 0.2) is 38.8 Å². The molecule has 1 fully saturated rings. The van der Waals surface area contributed by atoms with E-state index in [4.69, 9.17) is 4.42 Å². The van der Waals surface area contributed by atoms with Crippen molar-refractivity contribution in [1.82, 2.24) is 15.1 Å². The van der Waals surface area contributed by atoms with Gasteiger partial charge in [0.05, 0.1) is 4.88 Å². The van der Waals surface area contributed by atoms with E-state index in [0.717, 1.165) is 43.2 Å². The third kappa shape index (κ3) is 2.99. The summed E-state index contributed by atoms with van der Waals surface area (Å²) in [5.41, 5.74) is 1.42. The van der Waals surface area contributed by atoms with Gasteiger partial charge in [-0.05, 0) is 59.8 Å². The highest BCUT2D eigenvalue weighted by molar-refractivity contribution is 7.13. The van der Waals surface area contributed by atoms with Crippen molar-refractivity contribution < 1.29 is 4.42 Å². The SMILES string of the molecule is c1csc(-c2nnc(C3CCN(Cc4ccsc4)CC3)o2)c1. The zero-order valence-corrected chi connectivity index (χ0v) is 13.8. The Hall–Kier alpha value is -1.50. The van der Waals surface area contributed by atoms with E-state index in [-0.39, 0.29) is 0 Å². The molecule has 3 aromatic rings. The molecule has 0 atom stereocenters. The first-order valence-corrected chi connectivity index (χ1v) is 9.31. The van der Waals surface area contributed by atoms with Crippen molar-refractivity contribution in [3.05, 3.63) is 45.8 Å². The zero-order chi connectivity index (χ0) is 14.8. The smallest absolute Gasteiger partial charge is 0.257 e. The van der Waals surface area contributed by atoms with Crippen molar-refractivity contribution in [2.75, 3.05) is 13.1 Å². The summed E-state index contributed by atoms with van der Waals surface area (Å²) >= 11 is 3.40. The number of thiophene rings is 2. The molecule has 0 radical (unpaired) electrons. The number of hydrogen-bond acceptors (Lipinski definition) is 6. The molecule has 0 aromatic carbocycles. The lowest BCUT2D eigenvalue weighted by Gasteiger charge is -2.30. The molecule has 1 saturated heterocycles. The maximum absolute atomic E-state index is 5.88. The monoisotopic (exact) mass is 331 g/mol. The van der Waals surface area contributed by atoms with Gasteiger partial charge in [-0.2, -0.15) is 11.3 Å². The van der Waals surface area contributed by atoms with Crippen LogP contribution in [0.5, 0.6) is 0 Å². The molecule has 0 aliphatic carbocycles. The molecule has 6 heteroatoms. The molecule has 4 rings (SSSR count).